The van der Waals surface area contributed by atoms with Crippen molar-refractivity contribution in [3.63, 3.8) is 0 Å². The smallest absolute Gasteiger partial charge is 0.321 e. The van der Waals surface area contributed by atoms with Crippen molar-refractivity contribution in [2.24, 2.45) is 0 Å². The number of hydrogen-bond acceptors (Lipinski definition) is 3. The largest absolute Gasteiger partial charge is 0.341 e. The maximum absolute atomic E-state index is 12.0. The summed E-state index contributed by atoms with van der Waals surface area (Å²) >= 11 is 0. The number of carbonyl (C=O) groups is 2. The van der Waals surface area contributed by atoms with Gasteiger partial charge in [-0.05, 0) is 24.6 Å². The minimum absolute atomic E-state index is 0.158. The van der Waals surface area contributed by atoms with Crippen LogP contribution >= 0.6 is 0 Å². The Balaban J connectivity index is 1.84. The van der Waals surface area contributed by atoms with Gasteiger partial charge in [-0.25, -0.2) is 4.79 Å². The molecule has 2 rings (SSSR count). The highest BCUT2D eigenvalue weighted by Gasteiger charge is 2.20. The van der Waals surface area contributed by atoms with E-state index in [1.54, 1.807) is 36.2 Å². The zero-order valence-corrected chi connectivity index (χ0v) is 12.0. The van der Waals surface area contributed by atoms with Crippen molar-refractivity contribution < 1.29 is 9.59 Å². The first-order valence-electron chi connectivity index (χ1n) is 6.90. The number of nitrogens with zero attached hydrogens (tertiary/aromatic N) is 3. The summed E-state index contributed by atoms with van der Waals surface area (Å²) in [6.45, 7) is 1.81. The molecular formula is C15H18N4O2. The van der Waals surface area contributed by atoms with Crippen LogP contribution in [0, 0.1) is 11.3 Å². The molecule has 1 aromatic rings. The first-order chi connectivity index (χ1) is 10.1. The molecule has 1 aromatic carbocycles. The van der Waals surface area contributed by atoms with E-state index in [0.29, 0.717) is 30.8 Å². The third-order valence-electron chi connectivity index (χ3n) is 3.47. The van der Waals surface area contributed by atoms with Crippen molar-refractivity contribution in [1.29, 1.82) is 5.26 Å². The topological polar surface area (TPSA) is 76.4 Å². The second-order valence-electron chi connectivity index (χ2n) is 5.03. The maximum atomic E-state index is 12.0. The molecule has 0 atom stereocenters. The van der Waals surface area contributed by atoms with Crippen molar-refractivity contribution in [3.8, 4) is 6.07 Å². The standard InChI is InChI=1S/C15H18N4O2/c1-18(8-9-19-7-3-6-14(19)20)15(21)17-13-5-2-4-12(10-13)11-16/h2,4-5,10H,3,6-9H2,1H3,(H,17,21). The Bertz CT molecular complexity index is 579. The van der Waals surface area contributed by atoms with Gasteiger partial charge in [0.1, 0.15) is 0 Å². The Morgan fingerprint density at radius 1 is 1.52 bits per heavy atom. The Hall–Kier alpha value is -2.55. The second-order valence-corrected chi connectivity index (χ2v) is 5.03. The zero-order valence-electron chi connectivity index (χ0n) is 12.0. The average Bonchev–Trinajstić information content (AvgIpc) is 2.90. The summed E-state index contributed by atoms with van der Waals surface area (Å²) in [5, 5.41) is 11.6. The first-order valence-corrected chi connectivity index (χ1v) is 6.90. The van der Waals surface area contributed by atoms with Gasteiger partial charge in [0.15, 0.2) is 0 Å². The Labute approximate surface area is 123 Å². The molecule has 0 saturated carbocycles. The molecule has 1 aliphatic heterocycles. The number of rotatable bonds is 4. The van der Waals surface area contributed by atoms with E-state index in [1.165, 1.54) is 4.90 Å². The number of urea groups is 1. The van der Waals surface area contributed by atoms with Crippen LogP contribution in [0.25, 0.3) is 0 Å². The average molecular weight is 286 g/mol. The predicted octanol–water partition coefficient (Wildman–Crippen LogP) is 1.64. The molecule has 0 aromatic heterocycles. The minimum atomic E-state index is -0.253. The van der Waals surface area contributed by atoms with Gasteiger partial charge in [0, 0.05) is 38.8 Å². The molecule has 0 radical (unpaired) electrons. The summed E-state index contributed by atoms with van der Waals surface area (Å²) in [6.07, 6.45) is 1.51. The third-order valence-corrected chi connectivity index (χ3v) is 3.47. The Morgan fingerprint density at radius 3 is 3.00 bits per heavy atom. The van der Waals surface area contributed by atoms with Crippen molar-refractivity contribution in [3.05, 3.63) is 29.8 Å². The SMILES string of the molecule is CN(CCN1CCCC1=O)C(=O)Nc1cccc(C#N)c1. The van der Waals surface area contributed by atoms with Crippen LogP contribution in [-0.2, 0) is 4.79 Å². The summed E-state index contributed by atoms with van der Waals surface area (Å²) in [7, 11) is 1.68. The number of nitriles is 1. The molecule has 3 amide bonds. The molecule has 6 nitrogen and oxygen atoms in total. The number of carbonyl (C=O) groups excluding carboxylic acids is 2. The van der Waals surface area contributed by atoms with Gasteiger partial charge in [-0.15, -0.1) is 0 Å². The highest BCUT2D eigenvalue weighted by atomic mass is 16.2. The van der Waals surface area contributed by atoms with Crippen molar-refractivity contribution in [2.75, 3.05) is 32.0 Å². The highest BCUT2D eigenvalue weighted by Crippen LogP contribution is 2.11. The fourth-order valence-corrected chi connectivity index (χ4v) is 2.20. The van der Waals surface area contributed by atoms with E-state index >= 15 is 0 Å². The molecule has 0 bridgehead atoms. The molecule has 21 heavy (non-hydrogen) atoms. The molecule has 0 unspecified atom stereocenters. The summed E-state index contributed by atoms with van der Waals surface area (Å²) < 4.78 is 0. The summed E-state index contributed by atoms with van der Waals surface area (Å²) in [4.78, 5) is 26.8. The maximum Gasteiger partial charge on any atom is 0.321 e. The molecule has 1 fully saturated rings. The lowest BCUT2D eigenvalue weighted by molar-refractivity contribution is -0.127. The molecule has 1 heterocycles. The van der Waals surface area contributed by atoms with E-state index in [2.05, 4.69) is 5.32 Å². The highest BCUT2D eigenvalue weighted by molar-refractivity contribution is 5.89. The molecule has 0 aliphatic carbocycles. The van der Waals surface area contributed by atoms with Crippen LogP contribution in [0.4, 0.5) is 10.5 Å². The molecule has 6 heteroatoms. The Morgan fingerprint density at radius 2 is 2.33 bits per heavy atom. The lowest BCUT2D eigenvalue weighted by Crippen LogP contribution is -2.38. The van der Waals surface area contributed by atoms with Crippen LogP contribution in [0.3, 0.4) is 0 Å². The second kappa shape index (κ2) is 6.75. The fraction of sp³-hybridized carbons (Fsp3) is 0.400. The lowest BCUT2D eigenvalue weighted by Gasteiger charge is -2.22. The van der Waals surface area contributed by atoms with Gasteiger partial charge in [0.25, 0.3) is 0 Å². The molecule has 110 valence electrons. The number of likely N-dealkylation sites (tertiary alicyclic amines) is 1. The third kappa shape index (κ3) is 3.96. The van der Waals surface area contributed by atoms with E-state index in [-0.39, 0.29) is 11.9 Å². The zero-order chi connectivity index (χ0) is 15.2. The summed E-state index contributed by atoms with van der Waals surface area (Å²) in [6, 6.07) is 8.53. The van der Waals surface area contributed by atoms with Crippen LogP contribution in [-0.4, -0.2) is 48.4 Å². The van der Waals surface area contributed by atoms with Crippen LogP contribution in [0.1, 0.15) is 18.4 Å². The van der Waals surface area contributed by atoms with Gasteiger partial charge in [0.2, 0.25) is 5.91 Å². The van der Waals surface area contributed by atoms with Crippen LogP contribution in [0.5, 0.6) is 0 Å². The molecule has 1 N–H and O–H groups in total. The molecule has 1 saturated heterocycles. The minimum Gasteiger partial charge on any atom is -0.341 e. The summed E-state index contributed by atoms with van der Waals surface area (Å²) in [5.41, 5.74) is 1.08. The van der Waals surface area contributed by atoms with E-state index in [4.69, 9.17) is 5.26 Å². The van der Waals surface area contributed by atoms with Crippen molar-refractivity contribution in [1.82, 2.24) is 9.80 Å². The Kier molecular flexibility index (Phi) is 4.77. The number of nitrogens with one attached hydrogen (secondary N) is 1. The monoisotopic (exact) mass is 286 g/mol. The van der Waals surface area contributed by atoms with E-state index in [1.807, 2.05) is 6.07 Å². The van der Waals surface area contributed by atoms with Gasteiger partial charge < -0.3 is 15.1 Å². The van der Waals surface area contributed by atoms with Gasteiger partial charge in [-0.3, -0.25) is 4.79 Å². The number of anilines is 1. The summed E-state index contributed by atoms with van der Waals surface area (Å²) in [5.74, 6) is 0.158. The quantitative estimate of drug-likeness (QED) is 0.914. The van der Waals surface area contributed by atoms with E-state index in [9.17, 15) is 9.59 Å². The van der Waals surface area contributed by atoms with Crippen molar-refractivity contribution in [2.45, 2.75) is 12.8 Å². The van der Waals surface area contributed by atoms with Crippen LogP contribution in [0.2, 0.25) is 0 Å². The lowest BCUT2D eigenvalue weighted by atomic mass is 10.2. The van der Waals surface area contributed by atoms with Gasteiger partial charge in [-0.1, -0.05) is 6.07 Å². The number of benzene rings is 1. The normalized spacial score (nSPS) is 13.9. The van der Waals surface area contributed by atoms with Crippen molar-refractivity contribution >= 4 is 17.6 Å². The van der Waals surface area contributed by atoms with E-state index in [0.717, 1.165) is 13.0 Å². The number of amides is 3. The van der Waals surface area contributed by atoms with Gasteiger partial charge >= 0.3 is 6.03 Å². The number of hydrogen-bond donors (Lipinski definition) is 1. The number of likely N-dealkylation sites (N-methyl/N-ethyl adjacent to an activating group) is 1. The molecular weight excluding hydrogens is 268 g/mol. The fourth-order valence-electron chi connectivity index (χ4n) is 2.20. The van der Waals surface area contributed by atoms with Crippen LogP contribution < -0.4 is 5.32 Å². The van der Waals surface area contributed by atoms with Gasteiger partial charge in [0.05, 0.1) is 11.6 Å². The van der Waals surface area contributed by atoms with E-state index < -0.39 is 0 Å². The molecule has 0 spiro atoms. The molecule has 1 aliphatic rings. The van der Waals surface area contributed by atoms with Gasteiger partial charge in [-0.2, -0.15) is 5.26 Å². The van der Waals surface area contributed by atoms with Crippen LogP contribution in [0.15, 0.2) is 24.3 Å². The predicted molar refractivity (Wildman–Crippen MR) is 78.6 cm³/mol. The first kappa shape index (κ1) is 14.9.